The van der Waals surface area contributed by atoms with E-state index in [0.29, 0.717) is 6.10 Å². The van der Waals surface area contributed by atoms with Crippen LogP contribution >= 0.6 is 0 Å². The number of ether oxygens (including phenoxy) is 2. The molecule has 0 saturated carbocycles. The van der Waals surface area contributed by atoms with E-state index in [9.17, 15) is 0 Å². The highest BCUT2D eigenvalue weighted by molar-refractivity contribution is 4.59. The van der Waals surface area contributed by atoms with Crippen LogP contribution in [0.25, 0.3) is 0 Å². The lowest BCUT2D eigenvalue weighted by molar-refractivity contribution is -0.210. The van der Waals surface area contributed by atoms with Crippen LogP contribution in [0.1, 0.15) is 52.4 Å². The summed E-state index contributed by atoms with van der Waals surface area (Å²) in [5, 5.41) is 0. The van der Waals surface area contributed by atoms with E-state index in [4.69, 9.17) is 9.47 Å². The Morgan fingerprint density at radius 1 is 1.23 bits per heavy atom. The van der Waals surface area contributed by atoms with Crippen LogP contribution in [-0.4, -0.2) is 19.0 Å². The summed E-state index contributed by atoms with van der Waals surface area (Å²) in [6.45, 7) is 5.23. The van der Waals surface area contributed by atoms with Gasteiger partial charge in [0.15, 0.2) is 6.29 Å². The third-order valence-corrected chi connectivity index (χ3v) is 2.51. The Balaban J connectivity index is 2.00. The fourth-order valence-electron chi connectivity index (χ4n) is 1.62. The van der Waals surface area contributed by atoms with E-state index >= 15 is 0 Å². The Morgan fingerprint density at radius 3 is 2.77 bits per heavy atom. The Hall–Kier alpha value is -0.0800. The van der Waals surface area contributed by atoms with Crippen LogP contribution < -0.4 is 0 Å². The van der Waals surface area contributed by atoms with Crippen molar-refractivity contribution in [1.29, 1.82) is 0 Å². The van der Waals surface area contributed by atoms with Crippen molar-refractivity contribution in [2.45, 2.75) is 64.8 Å². The van der Waals surface area contributed by atoms with Crippen molar-refractivity contribution >= 4 is 0 Å². The lowest BCUT2D eigenvalue weighted by Gasteiger charge is -2.28. The van der Waals surface area contributed by atoms with Gasteiger partial charge in [0.2, 0.25) is 0 Å². The van der Waals surface area contributed by atoms with Gasteiger partial charge in [-0.1, -0.05) is 26.2 Å². The molecule has 0 aromatic heterocycles. The second kappa shape index (κ2) is 6.39. The predicted molar refractivity (Wildman–Crippen MR) is 53.7 cm³/mol. The molecule has 1 heterocycles. The lowest BCUT2D eigenvalue weighted by Crippen LogP contribution is -2.30. The van der Waals surface area contributed by atoms with Crippen molar-refractivity contribution in [2.24, 2.45) is 0 Å². The second-order valence-corrected chi connectivity index (χ2v) is 3.89. The van der Waals surface area contributed by atoms with E-state index in [-0.39, 0.29) is 6.29 Å². The molecule has 0 aliphatic carbocycles. The third kappa shape index (κ3) is 4.63. The van der Waals surface area contributed by atoms with Gasteiger partial charge in [-0.2, -0.15) is 0 Å². The topological polar surface area (TPSA) is 18.5 Å². The SMILES string of the molecule is CCCCCC[C@@H]1OCC[C@H](C)O1. The van der Waals surface area contributed by atoms with Crippen LogP contribution in [0.4, 0.5) is 0 Å². The third-order valence-electron chi connectivity index (χ3n) is 2.51. The molecule has 0 aromatic carbocycles. The molecule has 13 heavy (non-hydrogen) atoms. The number of hydrogen-bond acceptors (Lipinski definition) is 2. The van der Waals surface area contributed by atoms with Gasteiger partial charge in [-0.25, -0.2) is 0 Å². The minimum Gasteiger partial charge on any atom is -0.353 e. The molecule has 1 saturated heterocycles. The first-order chi connectivity index (χ1) is 6.33. The molecule has 0 spiro atoms. The van der Waals surface area contributed by atoms with Gasteiger partial charge in [0, 0.05) is 0 Å². The highest BCUT2D eigenvalue weighted by Gasteiger charge is 2.18. The zero-order valence-corrected chi connectivity index (χ0v) is 8.92. The van der Waals surface area contributed by atoms with E-state index < -0.39 is 0 Å². The maximum atomic E-state index is 5.64. The Labute approximate surface area is 81.6 Å². The molecule has 2 heteroatoms. The van der Waals surface area contributed by atoms with Crippen LogP contribution in [0.3, 0.4) is 0 Å². The molecule has 78 valence electrons. The van der Waals surface area contributed by atoms with Gasteiger partial charge in [0.25, 0.3) is 0 Å². The molecule has 0 bridgehead atoms. The van der Waals surface area contributed by atoms with Gasteiger partial charge >= 0.3 is 0 Å². The molecule has 0 N–H and O–H groups in total. The molecule has 1 rings (SSSR count). The highest BCUT2D eigenvalue weighted by atomic mass is 16.7. The summed E-state index contributed by atoms with van der Waals surface area (Å²) in [4.78, 5) is 0. The minimum absolute atomic E-state index is 0.0839. The van der Waals surface area contributed by atoms with E-state index in [2.05, 4.69) is 13.8 Å². The van der Waals surface area contributed by atoms with E-state index in [1.807, 2.05) is 0 Å². The molecule has 1 aliphatic heterocycles. The summed E-state index contributed by atoms with van der Waals surface area (Å²) < 4.78 is 11.2. The molecule has 0 aromatic rings. The van der Waals surface area contributed by atoms with E-state index in [0.717, 1.165) is 19.4 Å². The minimum atomic E-state index is 0.0839. The quantitative estimate of drug-likeness (QED) is 0.614. The van der Waals surface area contributed by atoms with Crippen molar-refractivity contribution in [2.75, 3.05) is 6.61 Å². The number of rotatable bonds is 5. The summed E-state index contributed by atoms with van der Waals surface area (Å²) in [5.74, 6) is 0. The molecule has 0 unspecified atom stereocenters. The van der Waals surface area contributed by atoms with Crippen molar-refractivity contribution in [3.63, 3.8) is 0 Å². The standard InChI is InChI=1S/C11H22O2/c1-3-4-5-6-7-11-12-9-8-10(2)13-11/h10-11H,3-9H2,1-2H3/t10-,11+/m0/s1. The van der Waals surface area contributed by atoms with Crippen molar-refractivity contribution in [3.05, 3.63) is 0 Å². The Morgan fingerprint density at radius 2 is 2.08 bits per heavy atom. The van der Waals surface area contributed by atoms with Gasteiger partial charge in [-0.3, -0.25) is 0 Å². The molecular weight excluding hydrogens is 164 g/mol. The second-order valence-electron chi connectivity index (χ2n) is 3.89. The zero-order valence-electron chi connectivity index (χ0n) is 8.92. The first-order valence-corrected chi connectivity index (χ1v) is 5.60. The van der Waals surface area contributed by atoms with Gasteiger partial charge in [0.05, 0.1) is 12.7 Å². The van der Waals surface area contributed by atoms with E-state index in [1.165, 1.54) is 25.7 Å². The molecule has 0 amide bonds. The first kappa shape index (κ1) is 11.0. The number of unbranched alkanes of at least 4 members (excludes halogenated alkanes) is 3. The van der Waals surface area contributed by atoms with Crippen LogP contribution in [0.2, 0.25) is 0 Å². The smallest absolute Gasteiger partial charge is 0.157 e. The summed E-state index contributed by atoms with van der Waals surface area (Å²) >= 11 is 0. The Kier molecular flexibility index (Phi) is 5.40. The summed E-state index contributed by atoms with van der Waals surface area (Å²) in [6.07, 6.45) is 7.78. The molecule has 0 radical (unpaired) electrons. The highest BCUT2D eigenvalue weighted by Crippen LogP contribution is 2.17. The summed E-state index contributed by atoms with van der Waals surface area (Å²) in [5.41, 5.74) is 0. The summed E-state index contributed by atoms with van der Waals surface area (Å²) in [7, 11) is 0. The molecule has 2 atom stereocenters. The first-order valence-electron chi connectivity index (χ1n) is 5.60. The maximum absolute atomic E-state index is 5.64. The average molecular weight is 186 g/mol. The van der Waals surface area contributed by atoms with Crippen LogP contribution in [0.5, 0.6) is 0 Å². The number of hydrogen-bond donors (Lipinski definition) is 0. The van der Waals surface area contributed by atoms with Crippen molar-refractivity contribution < 1.29 is 9.47 Å². The van der Waals surface area contributed by atoms with Crippen LogP contribution in [0, 0.1) is 0 Å². The van der Waals surface area contributed by atoms with Crippen molar-refractivity contribution in [1.82, 2.24) is 0 Å². The zero-order chi connectivity index (χ0) is 9.52. The van der Waals surface area contributed by atoms with Crippen molar-refractivity contribution in [3.8, 4) is 0 Å². The largest absolute Gasteiger partial charge is 0.353 e. The fourth-order valence-corrected chi connectivity index (χ4v) is 1.62. The summed E-state index contributed by atoms with van der Waals surface area (Å²) in [6, 6.07) is 0. The fraction of sp³-hybridized carbons (Fsp3) is 1.00. The van der Waals surface area contributed by atoms with Crippen LogP contribution in [-0.2, 0) is 9.47 Å². The van der Waals surface area contributed by atoms with E-state index in [1.54, 1.807) is 0 Å². The predicted octanol–water partition coefficient (Wildman–Crippen LogP) is 3.11. The monoisotopic (exact) mass is 186 g/mol. The molecule has 1 aliphatic rings. The van der Waals surface area contributed by atoms with Gasteiger partial charge in [-0.15, -0.1) is 0 Å². The average Bonchev–Trinajstić information content (AvgIpc) is 2.13. The normalized spacial score (nSPS) is 29.1. The molecular formula is C11H22O2. The van der Waals surface area contributed by atoms with Gasteiger partial charge in [0.1, 0.15) is 0 Å². The van der Waals surface area contributed by atoms with Gasteiger partial charge in [-0.05, 0) is 26.2 Å². The van der Waals surface area contributed by atoms with Gasteiger partial charge < -0.3 is 9.47 Å². The Bertz CT molecular complexity index is 125. The molecule has 1 fully saturated rings. The van der Waals surface area contributed by atoms with Crippen LogP contribution in [0.15, 0.2) is 0 Å². The lowest BCUT2D eigenvalue weighted by atomic mass is 10.1. The maximum Gasteiger partial charge on any atom is 0.157 e. The molecule has 2 nitrogen and oxygen atoms in total.